The van der Waals surface area contributed by atoms with Crippen LogP contribution in [-0.4, -0.2) is 22.1 Å². The van der Waals surface area contributed by atoms with Gasteiger partial charge in [0.1, 0.15) is 5.82 Å². The van der Waals surface area contributed by atoms with Crippen molar-refractivity contribution in [3.05, 3.63) is 18.6 Å². The lowest BCUT2D eigenvalue weighted by Gasteiger charge is -2.27. The fourth-order valence-corrected chi connectivity index (χ4v) is 1.94. The van der Waals surface area contributed by atoms with Crippen molar-refractivity contribution in [3.8, 4) is 0 Å². The number of nitrogens with one attached hydrogen (secondary N) is 1. The summed E-state index contributed by atoms with van der Waals surface area (Å²) in [7, 11) is 0. The Morgan fingerprint density at radius 3 is 3.00 bits per heavy atom. The molecule has 3 N–H and O–H groups in total. The molecule has 2 atom stereocenters. The Bertz CT molecular complexity index is 275. The number of nitrogens with zero attached hydrogens (tertiary/aromatic N) is 2. The molecule has 1 fully saturated rings. The summed E-state index contributed by atoms with van der Waals surface area (Å²) in [5.74, 6) is 0.853. The molecule has 1 aromatic heterocycles. The van der Waals surface area contributed by atoms with Gasteiger partial charge in [0.05, 0.1) is 6.20 Å². The lowest BCUT2D eigenvalue weighted by atomic mass is 9.92. The zero-order valence-electron chi connectivity index (χ0n) is 8.19. The molecule has 0 amide bonds. The SMILES string of the molecule is NC1CCCC(Nc2cnccn2)C1. The predicted octanol–water partition coefficient (Wildman–Crippen LogP) is 1.16. The zero-order chi connectivity index (χ0) is 9.80. The summed E-state index contributed by atoms with van der Waals surface area (Å²) in [5.41, 5.74) is 5.90. The van der Waals surface area contributed by atoms with Crippen molar-refractivity contribution in [3.63, 3.8) is 0 Å². The van der Waals surface area contributed by atoms with E-state index >= 15 is 0 Å². The van der Waals surface area contributed by atoms with Gasteiger partial charge in [0.15, 0.2) is 0 Å². The molecule has 1 aliphatic carbocycles. The van der Waals surface area contributed by atoms with Crippen molar-refractivity contribution in [2.45, 2.75) is 37.8 Å². The molecule has 1 aliphatic rings. The second kappa shape index (κ2) is 4.37. The molecule has 0 aliphatic heterocycles. The molecule has 4 nitrogen and oxygen atoms in total. The zero-order valence-corrected chi connectivity index (χ0v) is 8.19. The van der Waals surface area contributed by atoms with Gasteiger partial charge in [0.2, 0.25) is 0 Å². The first-order valence-electron chi connectivity index (χ1n) is 5.13. The summed E-state index contributed by atoms with van der Waals surface area (Å²) in [6, 6.07) is 0.813. The number of hydrogen-bond acceptors (Lipinski definition) is 4. The average Bonchev–Trinajstić information content (AvgIpc) is 2.19. The van der Waals surface area contributed by atoms with E-state index in [0.717, 1.165) is 18.7 Å². The minimum Gasteiger partial charge on any atom is -0.366 e. The van der Waals surface area contributed by atoms with E-state index in [4.69, 9.17) is 5.73 Å². The third-order valence-corrected chi connectivity index (χ3v) is 2.63. The smallest absolute Gasteiger partial charge is 0.144 e. The molecular formula is C10H16N4. The second-order valence-corrected chi connectivity index (χ2v) is 3.86. The largest absolute Gasteiger partial charge is 0.366 e. The maximum absolute atomic E-state index is 5.90. The molecule has 2 rings (SSSR count). The Balaban J connectivity index is 1.91. The predicted molar refractivity (Wildman–Crippen MR) is 55.9 cm³/mol. The van der Waals surface area contributed by atoms with Gasteiger partial charge in [-0.1, -0.05) is 0 Å². The monoisotopic (exact) mass is 192 g/mol. The van der Waals surface area contributed by atoms with E-state index in [1.54, 1.807) is 18.6 Å². The van der Waals surface area contributed by atoms with Crippen molar-refractivity contribution in [2.75, 3.05) is 5.32 Å². The molecule has 14 heavy (non-hydrogen) atoms. The van der Waals surface area contributed by atoms with Gasteiger partial charge < -0.3 is 11.1 Å². The number of rotatable bonds is 2. The highest BCUT2D eigenvalue weighted by molar-refractivity contribution is 5.31. The Kier molecular flexibility index (Phi) is 2.93. The van der Waals surface area contributed by atoms with E-state index in [1.807, 2.05) is 0 Å². The average molecular weight is 192 g/mol. The third kappa shape index (κ3) is 2.42. The van der Waals surface area contributed by atoms with Crippen LogP contribution in [0.25, 0.3) is 0 Å². The van der Waals surface area contributed by atoms with Crippen molar-refractivity contribution in [1.29, 1.82) is 0 Å². The van der Waals surface area contributed by atoms with Crippen LogP contribution in [0.15, 0.2) is 18.6 Å². The highest BCUT2D eigenvalue weighted by atomic mass is 15.0. The van der Waals surface area contributed by atoms with E-state index in [0.29, 0.717) is 12.1 Å². The van der Waals surface area contributed by atoms with Crippen LogP contribution >= 0.6 is 0 Å². The van der Waals surface area contributed by atoms with E-state index < -0.39 is 0 Å². The normalized spacial score (nSPS) is 27.2. The van der Waals surface area contributed by atoms with Crippen LogP contribution in [0.2, 0.25) is 0 Å². The molecule has 0 saturated heterocycles. The molecular weight excluding hydrogens is 176 g/mol. The molecule has 0 bridgehead atoms. The maximum atomic E-state index is 5.90. The first kappa shape index (κ1) is 9.40. The van der Waals surface area contributed by atoms with Gasteiger partial charge in [-0.05, 0) is 25.7 Å². The Morgan fingerprint density at radius 2 is 2.29 bits per heavy atom. The highest BCUT2D eigenvalue weighted by Crippen LogP contribution is 2.19. The minimum absolute atomic E-state index is 0.345. The molecule has 0 radical (unpaired) electrons. The van der Waals surface area contributed by atoms with E-state index in [2.05, 4.69) is 15.3 Å². The van der Waals surface area contributed by atoms with Crippen LogP contribution in [-0.2, 0) is 0 Å². The molecule has 76 valence electrons. The maximum Gasteiger partial charge on any atom is 0.144 e. The Labute approximate surface area is 83.9 Å². The van der Waals surface area contributed by atoms with E-state index in [1.165, 1.54) is 12.8 Å². The molecule has 0 aromatic carbocycles. The summed E-state index contributed by atoms with van der Waals surface area (Å²) in [5, 5.41) is 3.36. The first-order valence-corrected chi connectivity index (χ1v) is 5.13. The van der Waals surface area contributed by atoms with Gasteiger partial charge >= 0.3 is 0 Å². The van der Waals surface area contributed by atoms with Gasteiger partial charge in [-0.15, -0.1) is 0 Å². The van der Waals surface area contributed by atoms with Crippen LogP contribution in [0.1, 0.15) is 25.7 Å². The topological polar surface area (TPSA) is 63.8 Å². The lowest BCUT2D eigenvalue weighted by molar-refractivity contribution is 0.409. The Hall–Kier alpha value is -1.16. The quantitative estimate of drug-likeness (QED) is 0.738. The summed E-state index contributed by atoms with van der Waals surface area (Å²) in [4.78, 5) is 8.20. The van der Waals surface area contributed by atoms with Gasteiger partial charge in [0.25, 0.3) is 0 Å². The molecule has 2 unspecified atom stereocenters. The van der Waals surface area contributed by atoms with Crippen LogP contribution in [0.3, 0.4) is 0 Å². The first-order chi connectivity index (χ1) is 6.84. The van der Waals surface area contributed by atoms with Gasteiger partial charge in [-0.25, -0.2) is 4.98 Å². The number of hydrogen-bond donors (Lipinski definition) is 2. The Morgan fingerprint density at radius 1 is 1.36 bits per heavy atom. The van der Waals surface area contributed by atoms with Gasteiger partial charge in [-0.3, -0.25) is 4.98 Å². The highest BCUT2D eigenvalue weighted by Gasteiger charge is 2.18. The second-order valence-electron chi connectivity index (χ2n) is 3.86. The fourth-order valence-electron chi connectivity index (χ4n) is 1.94. The standard InChI is InChI=1S/C10H16N4/c11-8-2-1-3-9(6-8)14-10-7-12-4-5-13-10/h4-5,7-9H,1-3,6,11H2,(H,13,14). The van der Waals surface area contributed by atoms with Gasteiger partial charge in [0, 0.05) is 24.5 Å². The number of aromatic nitrogens is 2. The van der Waals surface area contributed by atoms with Crippen molar-refractivity contribution in [2.24, 2.45) is 5.73 Å². The summed E-state index contributed by atoms with van der Waals surface area (Å²) >= 11 is 0. The van der Waals surface area contributed by atoms with E-state index in [-0.39, 0.29) is 0 Å². The van der Waals surface area contributed by atoms with Gasteiger partial charge in [-0.2, -0.15) is 0 Å². The fraction of sp³-hybridized carbons (Fsp3) is 0.600. The van der Waals surface area contributed by atoms with Crippen LogP contribution in [0.4, 0.5) is 5.82 Å². The number of nitrogens with two attached hydrogens (primary N) is 1. The number of anilines is 1. The summed E-state index contributed by atoms with van der Waals surface area (Å²) in [6.45, 7) is 0. The van der Waals surface area contributed by atoms with Crippen LogP contribution in [0, 0.1) is 0 Å². The minimum atomic E-state index is 0.345. The van der Waals surface area contributed by atoms with Crippen LogP contribution < -0.4 is 11.1 Å². The third-order valence-electron chi connectivity index (χ3n) is 2.63. The van der Waals surface area contributed by atoms with Crippen molar-refractivity contribution >= 4 is 5.82 Å². The molecule has 4 heteroatoms. The lowest BCUT2D eigenvalue weighted by Crippen LogP contribution is -2.35. The molecule has 0 spiro atoms. The van der Waals surface area contributed by atoms with Crippen molar-refractivity contribution < 1.29 is 0 Å². The molecule has 1 saturated carbocycles. The molecule has 1 heterocycles. The van der Waals surface area contributed by atoms with Crippen molar-refractivity contribution in [1.82, 2.24) is 9.97 Å². The van der Waals surface area contributed by atoms with Crippen LogP contribution in [0.5, 0.6) is 0 Å². The summed E-state index contributed by atoms with van der Waals surface area (Å²) < 4.78 is 0. The molecule has 1 aromatic rings. The van der Waals surface area contributed by atoms with E-state index in [9.17, 15) is 0 Å². The summed E-state index contributed by atoms with van der Waals surface area (Å²) in [6.07, 6.45) is 9.71.